The first kappa shape index (κ1) is 17.6. The van der Waals surface area contributed by atoms with Gasteiger partial charge in [0.1, 0.15) is 0 Å². The van der Waals surface area contributed by atoms with Crippen LogP contribution in [0.1, 0.15) is 24.8 Å². The summed E-state index contributed by atoms with van der Waals surface area (Å²) in [6, 6.07) is 5.52. The van der Waals surface area contributed by atoms with Gasteiger partial charge in [0, 0.05) is 6.54 Å². The Kier molecular flexibility index (Phi) is 7.67. The smallest absolute Gasteiger partial charge is 0.237 e. The fourth-order valence-corrected chi connectivity index (χ4v) is 2.68. The highest BCUT2D eigenvalue weighted by molar-refractivity contribution is 6.42. The lowest BCUT2D eigenvalue weighted by atomic mass is 10.0. The van der Waals surface area contributed by atoms with Crippen molar-refractivity contribution < 1.29 is 4.79 Å². The maximum absolute atomic E-state index is 11.9. The minimum Gasteiger partial charge on any atom is -0.354 e. The van der Waals surface area contributed by atoms with E-state index in [4.69, 9.17) is 23.2 Å². The lowest BCUT2D eigenvalue weighted by Gasteiger charge is -2.22. The Labute approximate surface area is 135 Å². The molecule has 1 heterocycles. The van der Waals surface area contributed by atoms with E-state index in [-0.39, 0.29) is 24.4 Å². The summed E-state index contributed by atoms with van der Waals surface area (Å²) < 4.78 is 0. The predicted octanol–water partition coefficient (Wildman–Crippen LogP) is 3.22. The molecule has 1 amide bonds. The second kappa shape index (κ2) is 8.73. The number of hydrogen-bond acceptors (Lipinski definition) is 2. The number of hydrogen-bond donors (Lipinski definition) is 2. The summed E-state index contributed by atoms with van der Waals surface area (Å²) in [5.74, 6) is 0.0813. The van der Waals surface area contributed by atoms with Crippen LogP contribution in [0.5, 0.6) is 0 Å². The van der Waals surface area contributed by atoms with Crippen molar-refractivity contribution in [1.29, 1.82) is 0 Å². The van der Waals surface area contributed by atoms with Crippen LogP contribution in [-0.4, -0.2) is 25.0 Å². The normalized spacial score (nSPS) is 18.2. The van der Waals surface area contributed by atoms with Gasteiger partial charge >= 0.3 is 0 Å². The summed E-state index contributed by atoms with van der Waals surface area (Å²) in [4.78, 5) is 11.9. The third-order valence-electron chi connectivity index (χ3n) is 3.35. The van der Waals surface area contributed by atoms with Crippen LogP contribution in [0.15, 0.2) is 18.2 Å². The number of carbonyl (C=O) groups is 1. The van der Waals surface area contributed by atoms with Crippen molar-refractivity contribution in [1.82, 2.24) is 10.6 Å². The van der Waals surface area contributed by atoms with Gasteiger partial charge in [0.2, 0.25) is 5.91 Å². The first-order valence-electron chi connectivity index (χ1n) is 6.62. The number of benzene rings is 1. The Hall–Kier alpha value is -0.480. The van der Waals surface area contributed by atoms with Crippen LogP contribution >= 0.6 is 35.6 Å². The molecule has 1 fully saturated rings. The van der Waals surface area contributed by atoms with Crippen LogP contribution in [0.2, 0.25) is 10.0 Å². The maximum Gasteiger partial charge on any atom is 0.237 e. The van der Waals surface area contributed by atoms with E-state index in [0.29, 0.717) is 23.0 Å². The maximum atomic E-state index is 11.9. The van der Waals surface area contributed by atoms with Gasteiger partial charge in [-0.1, -0.05) is 41.8 Å². The molecule has 112 valence electrons. The second-order valence-electron chi connectivity index (χ2n) is 4.76. The summed E-state index contributed by atoms with van der Waals surface area (Å²) in [5.41, 5.74) is 0.964. The largest absolute Gasteiger partial charge is 0.354 e. The van der Waals surface area contributed by atoms with E-state index in [9.17, 15) is 4.79 Å². The molecule has 0 aliphatic carbocycles. The SMILES string of the molecule is Cl.O=C(NCCc1cccc(Cl)c1Cl)C1CCCCN1. The molecular weight excluding hydrogens is 319 g/mol. The first-order chi connectivity index (χ1) is 9.18. The van der Waals surface area contributed by atoms with Gasteiger partial charge in [-0.3, -0.25) is 4.79 Å². The van der Waals surface area contributed by atoms with Gasteiger partial charge in [-0.15, -0.1) is 12.4 Å². The molecule has 2 rings (SSSR count). The summed E-state index contributed by atoms with van der Waals surface area (Å²) in [7, 11) is 0. The van der Waals surface area contributed by atoms with Crippen molar-refractivity contribution in [2.45, 2.75) is 31.7 Å². The zero-order valence-corrected chi connectivity index (χ0v) is 13.5. The zero-order valence-electron chi connectivity index (χ0n) is 11.1. The Morgan fingerprint density at radius 1 is 1.35 bits per heavy atom. The van der Waals surface area contributed by atoms with Crippen LogP contribution in [0, 0.1) is 0 Å². The van der Waals surface area contributed by atoms with Crippen molar-refractivity contribution in [3.8, 4) is 0 Å². The Morgan fingerprint density at radius 3 is 2.85 bits per heavy atom. The van der Waals surface area contributed by atoms with Crippen LogP contribution in [0.3, 0.4) is 0 Å². The zero-order chi connectivity index (χ0) is 13.7. The van der Waals surface area contributed by atoms with E-state index in [1.54, 1.807) is 6.07 Å². The van der Waals surface area contributed by atoms with Gasteiger partial charge in [-0.2, -0.15) is 0 Å². The number of amides is 1. The molecule has 0 aromatic heterocycles. The molecule has 0 saturated carbocycles. The van der Waals surface area contributed by atoms with Gasteiger partial charge in [-0.25, -0.2) is 0 Å². The summed E-state index contributed by atoms with van der Waals surface area (Å²) >= 11 is 12.0. The molecule has 1 saturated heterocycles. The summed E-state index contributed by atoms with van der Waals surface area (Å²) in [5, 5.41) is 7.31. The van der Waals surface area contributed by atoms with Crippen molar-refractivity contribution in [3.63, 3.8) is 0 Å². The quantitative estimate of drug-likeness (QED) is 0.886. The monoisotopic (exact) mass is 336 g/mol. The minimum absolute atomic E-state index is 0. The van der Waals surface area contributed by atoms with Gasteiger partial charge in [0.15, 0.2) is 0 Å². The van der Waals surface area contributed by atoms with E-state index in [1.807, 2.05) is 12.1 Å². The lowest BCUT2D eigenvalue weighted by Crippen LogP contribution is -2.47. The molecule has 1 atom stereocenters. The molecule has 0 spiro atoms. The standard InChI is InChI=1S/C14H18Cl2N2O.ClH/c15-11-5-3-4-10(13(11)16)7-9-18-14(19)12-6-1-2-8-17-12;/h3-5,12,17H,1-2,6-9H2,(H,18,19);1H. The van der Waals surface area contributed by atoms with Crippen LogP contribution in [0.25, 0.3) is 0 Å². The molecule has 0 bridgehead atoms. The summed E-state index contributed by atoms with van der Waals surface area (Å²) in [6.07, 6.45) is 3.88. The third-order valence-corrected chi connectivity index (χ3v) is 4.21. The molecule has 2 N–H and O–H groups in total. The Balaban J connectivity index is 0.00000200. The topological polar surface area (TPSA) is 41.1 Å². The molecule has 1 aromatic carbocycles. The summed E-state index contributed by atoms with van der Waals surface area (Å²) in [6.45, 7) is 1.51. The highest BCUT2D eigenvalue weighted by atomic mass is 35.5. The van der Waals surface area contributed by atoms with Gasteiger partial charge in [0.25, 0.3) is 0 Å². The van der Waals surface area contributed by atoms with Crippen molar-refractivity contribution in [2.24, 2.45) is 0 Å². The average molecular weight is 338 g/mol. The van der Waals surface area contributed by atoms with Crippen LogP contribution < -0.4 is 10.6 Å². The number of piperidine rings is 1. The Bertz CT molecular complexity index is 448. The number of carbonyl (C=O) groups excluding carboxylic acids is 1. The van der Waals surface area contributed by atoms with Crippen molar-refractivity contribution in [2.75, 3.05) is 13.1 Å². The van der Waals surface area contributed by atoms with E-state index < -0.39 is 0 Å². The third kappa shape index (κ3) is 4.81. The fraction of sp³-hybridized carbons (Fsp3) is 0.500. The molecular formula is C14H19Cl3N2O. The highest BCUT2D eigenvalue weighted by Crippen LogP contribution is 2.25. The molecule has 3 nitrogen and oxygen atoms in total. The Morgan fingerprint density at radius 2 is 2.15 bits per heavy atom. The predicted molar refractivity (Wildman–Crippen MR) is 86.1 cm³/mol. The first-order valence-corrected chi connectivity index (χ1v) is 7.38. The van der Waals surface area contributed by atoms with E-state index in [0.717, 1.165) is 31.4 Å². The molecule has 6 heteroatoms. The van der Waals surface area contributed by atoms with E-state index in [1.165, 1.54) is 0 Å². The molecule has 20 heavy (non-hydrogen) atoms. The number of rotatable bonds is 4. The minimum atomic E-state index is -0.0383. The van der Waals surface area contributed by atoms with Gasteiger partial charge < -0.3 is 10.6 Å². The fourth-order valence-electron chi connectivity index (χ4n) is 2.26. The number of halogens is 3. The highest BCUT2D eigenvalue weighted by Gasteiger charge is 2.19. The van der Waals surface area contributed by atoms with E-state index >= 15 is 0 Å². The van der Waals surface area contributed by atoms with E-state index in [2.05, 4.69) is 10.6 Å². The molecule has 1 unspecified atom stereocenters. The molecule has 0 radical (unpaired) electrons. The van der Waals surface area contributed by atoms with Crippen molar-refractivity contribution in [3.05, 3.63) is 33.8 Å². The van der Waals surface area contributed by atoms with Crippen molar-refractivity contribution >= 4 is 41.5 Å². The molecule has 1 aliphatic rings. The number of nitrogens with one attached hydrogen (secondary N) is 2. The van der Waals surface area contributed by atoms with Gasteiger partial charge in [0.05, 0.1) is 16.1 Å². The average Bonchev–Trinajstić information content (AvgIpc) is 2.44. The van der Waals surface area contributed by atoms with Crippen LogP contribution in [-0.2, 0) is 11.2 Å². The molecule has 1 aliphatic heterocycles. The molecule has 1 aromatic rings. The van der Waals surface area contributed by atoms with Crippen LogP contribution in [0.4, 0.5) is 0 Å². The lowest BCUT2D eigenvalue weighted by molar-refractivity contribution is -0.123. The van der Waals surface area contributed by atoms with Gasteiger partial charge in [-0.05, 0) is 37.4 Å². The second-order valence-corrected chi connectivity index (χ2v) is 5.54.